The van der Waals surface area contributed by atoms with Crippen LogP contribution in [0.5, 0.6) is 0 Å². The largest absolute Gasteiger partial charge is 0.480 e. The third-order valence-corrected chi connectivity index (χ3v) is 3.13. The van der Waals surface area contributed by atoms with Crippen molar-refractivity contribution in [3.63, 3.8) is 0 Å². The maximum Gasteiger partial charge on any atom is 0.321 e. The van der Waals surface area contributed by atoms with Gasteiger partial charge in [0.05, 0.1) is 0 Å². The second-order valence-corrected chi connectivity index (χ2v) is 6.77. The van der Waals surface area contributed by atoms with E-state index in [1.165, 1.54) is 0 Å². The van der Waals surface area contributed by atoms with Crippen LogP contribution in [0.3, 0.4) is 0 Å². The number of nitrogens with two attached hydrogens (primary N) is 2. The van der Waals surface area contributed by atoms with E-state index in [0.29, 0.717) is 32.2 Å². The average Bonchev–Trinajstić information content (AvgIpc) is 2.23. The molecule has 5 N–H and O–H groups in total. The summed E-state index contributed by atoms with van der Waals surface area (Å²) >= 11 is 0. The van der Waals surface area contributed by atoms with E-state index in [4.69, 9.17) is 11.5 Å². The molecule has 0 amide bonds. The molecule has 0 spiro atoms. The molecule has 0 aromatic heterocycles. The summed E-state index contributed by atoms with van der Waals surface area (Å²) in [6.45, 7) is 8.65. The Morgan fingerprint density at radius 2 is 1.45 bits per heavy atom. The molecule has 0 aliphatic heterocycles. The molecule has 1 atom stereocenters. The van der Waals surface area contributed by atoms with Crippen molar-refractivity contribution in [1.82, 2.24) is 4.90 Å². The number of hydrogen-bond donors (Lipinski definition) is 3. The molecule has 6 nitrogen and oxygen atoms in total. The summed E-state index contributed by atoms with van der Waals surface area (Å²) in [5, 5.41) is 9.27. The van der Waals surface area contributed by atoms with Gasteiger partial charge in [-0.1, -0.05) is 0 Å². The van der Waals surface area contributed by atoms with Crippen LogP contribution >= 0.6 is 24.8 Å². The summed E-state index contributed by atoms with van der Waals surface area (Å²) in [5.74, 6) is -0.984. The summed E-state index contributed by atoms with van der Waals surface area (Å²) in [6.07, 6.45) is 1.93. The van der Waals surface area contributed by atoms with E-state index in [9.17, 15) is 14.7 Å². The predicted molar refractivity (Wildman–Crippen MR) is 93.9 cm³/mol. The first-order chi connectivity index (χ1) is 8.96. The van der Waals surface area contributed by atoms with Gasteiger partial charge in [0, 0.05) is 30.6 Å². The van der Waals surface area contributed by atoms with Crippen molar-refractivity contribution >= 4 is 37.1 Å². The van der Waals surface area contributed by atoms with E-state index in [-0.39, 0.29) is 42.3 Å². The fraction of sp³-hybridized carbons (Fsp3) is 0.857. The number of aldehydes is 1. The van der Waals surface area contributed by atoms with E-state index in [2.05, 4.69) is 0 Å². The van der Waals surface area contributed by atoms with Gasteiger partial charge in [-0.25, -0.2) is 0 Å². The van der Waals surface area contributed by atoms with E-state index >= 15 is 0 Å². The molecule has 22 heavy (non-hydrogen) atoms. The third kappa shape index (κ3) is 13.3. The Labute approximate surface area is 145 Å². The number of carboxylic acids is 1. The zero-order valence-corrected chi connectivity index (χ0v) is 15.5. The molecule has 0 fully saturated rings. The summed E-state index contributed by atoms with van der Waals surface area (Å²) in [7, 11) is 0. The molecule has 1 unspecified atom stereocenters. The minimum atomic E-state index is -0.984. The molecule has 8 heteroatoms. The quantitative estimate of drug-likeness (QED) is 0.509. The lowest BCUT2D eigenvalue weighted by atomic mass is 9.99. The number of halogens is 2. The van der Waals surface area contributed by atoms with Gasteiger partial charge in [0.2, 0.25) is 0 Å². The van der Waals surface area contributed by atoms with E-state index in [0.717, 1.165) is 0 Å². The molecule has 0 aromatic carbocycles. The topological polar surface area (TPSA) is 110 Å². The summed E-state index contributed by atoms with van der Waals surface area (Å²) < 4.78 is 0. The molecular weight excluding hydrogens is 329 g/mol. The van der Waals surface area contributed by atoms with Crippen LogP contribution in [0.1, 0.15) is 47.0 Å². The molecule has 0 saturated heterocycles. The molecule has 0 heterocycles. The zero-order valence-electron chi connectivity index (χ0n) is 13.9. The van der Waals surface area contributed by atoms with Crippen LogP contribution in [0.25, 0.3) is 0 Å². The van der Waals surface area contributed by atoms with Gasteiger partial charge in [-0.05, 0) is 40.5 Å². The fourth-order valence-electron chi connectivity index (χ4n) is 1.78. The Morgan fingerprint density at radius 1 is 1.09 bits per heavy atom. The molecule has 0 radical (unpaired) electrons. The van der Waals surface area contributed by atoms with Gasteiger partial charge >= 0.3 is 5.97 Å². The summed E-state index contributed by atoms with van der Waals surface area (Å²) in [6, 6.07) is -0.808. The second kappa shape index (κ2) is 11.2. The van der Waals surface area contributed by atoms with Crippen LogP contribution in [-0.2, 0) is 9.59 Å². The highest BCUT2D eigenvalue weighted by atomic mass is 35.5. The van der Waals surface area contributed by atoms with Crippen LogP contribution in [-0.4, -0.2) is 52.5 Å². The number of carbonyl (C=O) groups is 2. The Balaban J connectivity index is -0.00000180. The number of carboxylic acid groups (broad SMARTS) is 1. The SMILES string of the molecule is CC(C)(N)CCN(CCC(C)(C)N)C(CC=O)C(=O)O.Cl.Cl. The Bertz CT molecular complexity index is 310. The van der Waals surface area contributed by atoms with Crippen molar-refractivity contribution in [1.29, 1.82) is 0 Å². The number of aliphatic carboxylic acids is 1. The number of hydrogen-bond acceptors (Lipinski definition) is 5. The first kappa shape index (κ1) is 26.5. The molecule has 134 valence electrons. The highest BCUT2D eigenvalue weighted by Crippen LogP contribution is 2.14. The molecule has 0 aromatic rings. The van der Waals surface area contributed by atoms with Gasteiger partial charge in [0.25, 0.3) is 0 Å². The van der Waals surface area contributed by atoms with Crippen molar-refractivity contribution in [3.05, 3.63) is 0 Å². The number of carbonyl (C=O) groups excluding carboxylic acids is 1. The van der Waals surface area contributed by atoms with E-state index < -0.39 is 12.0 Å². The molecule has 0 bridgehead atoms. The van der Waals surface area contributed by atoms with Crippen molar-refractivity contribution in [3.8, 4) is 0 Å². The molecule has 0 saturated carbocycles. The second-order valence-electron chi connectivity index (χ2n) is 6.77. The zero-order chi connectivity index (χ0) is 16.0. The normalized spacial score (nSPS) is 13.0. The van der Waals surface area contributed by atoms with Gasteiger partial charge in [0.15, 0.2) is 0 Å². The minimum absolute atomic E-state index is 0. The van der Waals surface area contributed by atoms with Crippen LogP contribution in [0.15, 0.2) is 0 Å². The smallest absolute Gasteiger partial charge is 0.321 e. The maximum absolute atomic E-state index is 11.3. The van der Waals surface area contributed by atoms with Crippen molar-refractivity contribution < 1.29 is 14.7 Å². The Hall–Kier alpha value is -0.400. The third-order valence-electron chi connectivity index (χ3n) is 3.13. The van der Waals surface area contributed by atoms with Gasteiger partial charge < -0.3 is 21.4 Å². The number of nitrogens with zero attached hydrogens (tertiary/aromatic N) is 1. The predicted octanol–water partition coefficient (Wildman–Crippen LogP) is 1.43. The average molecular weight is 360 g/mol. The molecule has 0 aliphatic rings. The van der Waals surface area contributed by atoms with Crippen molar-refractivity contribution in [2.24, 2.45) is 11.5 Å². The lowest BCUT2D eigenvalue weighted by molar-refractivity contribution is -0.144. The minimum Gasteiger partial charge on any atom is -0.480 e. The highest BCUT2D eigenvalue weighted by molar-refractivity contribution is 5.85. The van der Waals surface area contributed by atoms with Gasteiger partial charge in [0.1, 0.15) is 12.3 Å². The Kier molecular flexibility index (Phi) is 13.5. The van der Waals surface area contributed by atoms with Crippen LogP contribution in [0, 0.1) is 0 Å². The van der Waals surface area contributed by atoms with Gasteiger partial charge in [-0.15, -0.1) is 24.8 Å². The lowest BCUT2D eigenvalue weighted by Gasteiger charge is -2.32. The van der Waals surface area contributed by atoms with Crippen LogP contribution in [0.2, 0.25) is 0 Å². The standard InChI is InChI=1S/C14H29N3O3.2ClH/c1-13(2,15)6-8-17(9-7-14(3,4)16)11(5-10-18)12(19)20;;/h10-11H,5-9,15-16H2,1-4H3,(H,19,20);2*1H. The monoisotopic (exact) mass is 359 g/mol. The lowest BCUT2D eigenvalue weighted by Crippen LogP contribution is -2.47. The molecule has 0 rings (SSSR count). The van der Waals surface area contributed by atoms with Gasteiger partial charge in [-0.2, -0.15) is 0 Å². The fourth-order valence-corrected chi connectivity index (χ4v) is 1.78. The van der Waals surface area contributed by atoms with Crippen molar-refractivity contribution in [2.75, 3.05) is 13.1 Å². The maximum atomic E-state index is 11.3. The van der Waals surface area contributed by atoms with E-state index in [1.807, 2.05) is 27.7 Å². The highest BCUT2D eigenvalue weighted by Gasteiger charge is 2.27. The van der Waals surface area contributed by atoms with Gasteiger partial charge in [-0.3, -0.25) is 9.69 Å². The van der Waals surface area contributed by atoms with E-state index in [1.54, 1.807) is 4.90 Å². The first-order valence-electron chi connectivity index (χ1n) is 6.94. The van der Waals surface area contributed by atoms with Crippen LogP contribution < -0.4 is 11.5 Å². The van der Waals surface area contributed by atoms with Crippen molar-refractivity contribution in [2.45, 2.75) is 64.1 Å². The summed E-state index contributed by atoms with van der Waals surface area (Å²) in [4.78, 5) is 23.8. The summed E-state index contributed by atoms with van der Waals surface area (Å²) in [5.41, 5.74) is 11.1. The molecular formula is C14H31Cl2N3O3. The Morgan fingerprint density at radius 3 is 1.68 bits per heavy atom. The number of rotatable bonds is 10. The van der Waals surface area contributed by atoms with Crippen LogP contribution in [0.4, 0.5) is 0 Å². The first-order valence-corrected chi connectivity index (χ1v) is 6.94. The molecule has 0 aliphatic carbocycles.